The van der Waals surface area contributed by atoms with Crippen LogP contribution in [0.2, 0.25) is 10.0 Å². The number of hydrogen-bond donors (Lipinski definition) is 2. The van der Waals surface area contributed by atoms with Gasteiger partial charge in [-0.1, -0.05) is 71.7 Å². The van der Waals surface area contributed by atoms with Gasteiger partial charge in [-0.15, -0.1) is 0 Å². The molecule has 0 atom stereocenters. The van der Waals surface area contributed by atoms with Crippen LogP contribution in [0.4, 0.5) is 11.4 Å². The second-order valence-electron chi connectivity index (χ2n) is 10.5. The van der Waals surface area contributed by atoms with E-state index in [2.05, 4.69) is 15.8 Å². The van der Waals surface area contributed by atoms with Gasteiger partial charge >= 0.3 is 0 Å². The minimum atomic E-state index is -3.93. The Morgan fingerprint density at radius 2 is 1.54 bits per heavy atom. The lowest BCUT2D eigenvalue weighted by molar-refractivity contribution is -0.118. The van der Waals surface area contributed by atoms with Crippen molar-refractivity contribution in [1.29, 1.82) is 0 Å². The summed E-state index contributed by atoms with van der Waals surface area (Å²) in [6.07, 6.45) is 1.47. The molecule has 0 aliphatic rings. The van der Waals surface area contributed by atoms with Gasteiger partial charge in [0.05, 0.1) is 34.1 Å². The van der Waals surface area contributed by atoms with Gasteiger partial charge in [-0.2, -0.15) is 5.10 Å². The molecule has 5 aromatic carbocycles. The van der Waals surface area contributed by atoms with E-state index in [9.17, 15) is 18.0 Å². The highest BCUT2D eigenvalue weighted by atomic mass is 35.5. The average molecular weight is 702 g/mol. The molecular weight excluding hydrogens is 671 g/mol. The molecule has 0 saturated carbocycles. The lowest BCUT2D eigenvalue weighted by atomic mass is 10.1. The van der Waals surface area contributed by atoms with Crippen LogP contribution in [-0.2, 0) is 21.4 Å². The number of hydrogen-bond acceptors (Lipinski definition) is 6. The second-order valence-corrected chi connectivity index (χ2v) is 13.2. The van der Waals surface area contributed by atoms with E-state index in [0.717, 1.165) is 5.56 Å². The number of halogens is 2. The van der Waals surface area contributed by atoms with Crippen LogP contribution in [0.25, 0.3) is 0 Å². The van der Waals surface area contributed by atoms with Crippen molar-refractivity contribution in [1.82, 2.24) is 5.43 Å². The van der Waals surface area contributed by atoms with Crippen LogP contribution in [0.5, 0.6) is 5.75 Å². The number of nitrogens with zero attached hydrogens (tertiary/aromatic N) is 2. The number of benzene rings is 5. The Kier molecular flexibility index (Phi) is 11.1. The minimum Gasteiger partial charge on any atom is -0.484 e. The molecule has 0 heterocycles. The third-order valence-electron chi connectivity index (χ3n) is 7.09. The summed E-state index contributed by atoms with van der Waals surface area (Å²) in [6.45, 7) is 1.64. The van der Waals surface area contributed by atoms with Gasteiger partial charge in [-0.3, -0.25) is 13.9 Å². The van der Waals surface area contributed by atoms with Crippen LogP contribution >= 0.6 is 23.2 Å². The molecule has 5 rings (SSSR count). The van der Waals surface area contributed by atoms with Crippen LogP contribution in [0.1, 0.15) is 27.0 Å². The first-order chi connectivity index (χ1) is 23.1. The fourth-order valence-electron chi connectivity index (χ4n) is 4.58. The largest absolute Gasteiger partial charge is 0.484 e. The number of aryl methyl sites for hydroxylation is 1. The summed E-state index contributed by atoms with van der Waals surface area (Å²) in [5.41, 5.74) is 5.89. The zero-order chi connectivity index (χ0) is 34.1. The number of nitrogens with one attached hydrogen (secondary N) is 2. The number of para-hydroxylation sites is 1. The number of carbonyl (C=O) groups is 2. The first-order valence-electron chi connectivity index (χ1n) is 14.6. The molecule has 0 radical (unpaired) electrons. The highest BCUT2D eigenvalue weighted by Gasteiger charge is 2.26. The monoisotopic (exact) mass is 700 g/mol. The highest BCUT2D eigenvalue weighted by molar-refractivity contribution is 7.92. The molecule has 0 saturated heterocycles. The Morgan fingerprint density at radius 1 is 0.854 bits per heavy atom. The summed E-state index contributed by atoms with van der Waals surface area (Å²) in [5, 5.41) is 7.56. The van der Waals surface area contributed by atoms with Gasteiger partial charge in [0.15, 0.2) is 6.61 Å². The number of rotatable bonds is 12. The molecule has 0 unspecified atom stereocenters. The SMILES string of the molecule is Cc1ccc(Cl)cc1N(Cc1ccc(C(=O)N/N=C\c2ccc(OCC(=O)Nc3ccccc3Cl)cc2)cc1)S(=O)(=O)c1ccccc1. The summed E-state index contributed by atoms with van der Waals surface area (Å²) >= 11 is 12.3. The molecule has 0 aromatic heterocycles. The van der Waals surface area contributed by atoms with Gasteiger partial charge in [-0.05, 0) is 96.4 Å². The van der Waals surface area contributed by atoms with Crippen LogP contribution < -0.4 is 19.8 Å². The van der Waals surface area contributed by atoms with Crippen molar-refractivity contribution in [2.45, 2.75) is 18.4 Å². The van der Waals surface area contributed by atoms with Crippen molar-refractivity contribution in [2.24, 2.45) is 5.10 Å². The summed E-state index contributed by atoms with van der Waals surface area (Å²) in [6, 6.07) is 33.6. The maximum absolute atomic E-state index is 13.7. The molecular formula is C36H30Cl2N4O5S. The standard InChI is InChI=1S/C36H30Cl2N4O5S/c1-25-11-18-29(37)21-34(25)42(48(45,46)31-7-3-2-4-8-31)23-27-12-16-28(17-13-27)36(44)41-39-22-26-14-19-30(20-15-26)47-24-35(43)40-33-10-6-5-9-32(33)38/h2-22H,23-24H2,1H3,(H,40,43)(H,41,44)/b39-22-. The zero-order valence-corrected chi connectivity index (χ0v) is 28.0. The Balaban J connectivity index is 1.18. The van der Waals surface area contributed by atoms with Crippen LogP contribution in [0.15, 0.2) is 131 Å². The zero-order valence-electron chi connectivity index (χ0n) is 25.6. The first kappa shape index (κ1) is 34.2. The van der Waals surface area contributed by atoms with Crippen molar-refractivity contribution in [3.63, 3.8) is 0 Å². The third kappa shape index (κ3) is 8.80. The number of anilines is 2. The molecule has 2 amide bonds. The van der Waals surface area contributed by atoms with E-state index in [1.165, 1.54) is 10.5 Å². The lowest BCUT2D eigenvalue weighted by Crippen LogP contribution is -2.31. The van der Waals surface area contributed by atoms with Gasteiger partial charge in [0.2, 0.25) is 0 Å². The van der Waals surface area contributed by atoms with E-state index in [1.807, 2.05) is 6.92 Å². The van der Waals surface area contributed by atoms with Crippen molar-refractivity contribution in [2.75, 3.05) is 16.2 Å². The van der Waals surface area contributed by atoms with Crippen molar-refractivity contribution in [3.8, 4) is 5.75 Å². The number of sulfonamides is 1. The maximum Gasteiger partial charge on any atom is 0.271 e. The van der Waals surface area contributed by atoms with Gasteiger partial charge < -0.3 is 10.1 Å². The molecule has 5 aromatic rings. The van der Waals surface area contributed by atoms with Crippen LogP contribution in [0.3, 0.4) is 0 Å². The van der Waals surface area contributed by atoms with Gasteiger partial charge in [0.25, 0.3) is 21.8 Å². The van der Waals surface area contributed by atoms with E-state index in [4.69, 9.17) is 27.9 Å². The van der Waals surface area contributed by atoms with Crippen LogP contribution in [-0.4, -0.2) is 33.1 Å². The fraction of sp³-hybridized carbons (Fsp3) is 0.0833. The Labute approximate surface area is 288 Å². The van der Waals surface area contributed by atoms with Gasteiger partial charge in [-0.25, -0.2) is 13.8 Å². The van der Waals surface area contributed by atoms with Gasteiger partial charge in [0.1, 0.15) is 5.75 Å². The molecule has 0 fully saturated rings. The molecule has 2 N–H and O–H groups in total. The fourth-order valence-corrected chi connectivity index (χ4v) is 6.46. The molecule has 0 spiro atoms. The summed E-state index contributed by atoms with van der Waals surface area (Å²) in [5.74, 6) is -0.316. The number of amides is 2. The van der Waals surface area contributed by atoms with E-state index < -0.39 is 15.9 Å². The van der Waals surface area contributed by atoms with E-state index in [1.54, 1.807) is 121 Å². The number of ether oxygens (including phenoxy) is 1. The smallest absolute Gasteiger partial charge is 0.271 e. The Morgan fingerprint density at radius 3 is 2.25 bits per heavy atom. The molecule has 244 valence electrons. The Bertz CT molecular complexity index is 2040. The normalized spacial score (nSPS) is 11.2. The van der Waals surface area contributed by atoms with Crippen molar-refractivity contribution < 1.29 is 22.7 Å². The number of carbonyl (C=O) groups excluding carboxylic acids is 2. The second kappa shape index (κ2) is 15.6. The molecule has 12 heteroatoms. The average Bonchev–Trinajstić information content (AvgIpc) is 3.09. The van der Waals surface area contributed by atoms with Crippen LogP contribution in [0, 0.1) is 6.92 Å². The van der Waals surface area contributed by atoms with Crippen molar-refractivity contribution in [3.05, 3.63) is 154 Å². The molecule has 0 aliphatic carbocycles. The topological polar surface area (TPSA) is 117 Å². The van der Waals surface area contributed by atoms with Crippen molar-refractivity contribution >= 4 is 62.6 Å². The predicted molar refractivity (Wildman–Crippen MR) is 190 cm³/mol. The summed E-state index contributed by atoms with van der Waals surface area (Å²) in [7, 11) is -3.93. The van der Waals surface area contributed by atoms with E-state index in [-0.39, 0.29) is 24.0 Å². The van der Waals surface area contributed by atoms with Gasteiger partial charge in [0, 0.05) is 10.6 Å². The minimum absolute atomic E-state index is 0.0181. The third-order valence-corrected chi connectivity index (χ3v) is 9.43. The highest BCUT2D eigenvalue weighted by Crippen LogP contribution is 2.31. The van der Waals surface area contributed by atoms with E-state index in [0.29, 0.717) is 43.9 Å². The summed E-state index contributed by atoms with van der Waals surface area (Å²) in [4.78, 5) is 25.1. The number of hydrazone groups is 1. The summed E-state index contributed by atoms with van der Waals surface area (Å²) < 4.78 is 34.3. The predicted octanol–water partition coefficient (Wildman–Crippen LogP) is 7.48. The maximum atomic E-state index is 13.7. The quantitative estimate of drug-likeness (QED) is 0.103. The molecule has 0 aliphatic heterocycles. The lowest BCUT2D eigenvalue weighted by Gasteiger charge is -2.26. The molecule has 0 bridgehead atoms. The molecule has 48 heavy (non-hydrogen) atoms. The first-order valence-corrected chi connectivity index (χ1v) is 16.8. The van der Waals surface area contributed by atoms with E-state index >= 15 is 0 Å². The molecule has 9 nitrogen and oxygen atoms in total. The Hall–Kier alpha value is -5.16.